The third kappa shape index (κ3) is 3.30. The van der Waals surface area contributed by atoms with Crippen molar-refractivity contribution >= 4 is 39.0 Å². The Morgan fingerprint density at radius 1 is 1.47 bits per heavy atom. The van der Waals surface area contributed by atoms with Crippen LogP contribution in [0.4, 0.5) is 5.82 Å². The molecular formula is C12H13BrN4OS. The zero-order valence-electron chi connectivity index (χ0n) is 10.5. The second-order valence-corrected chi connectivity index (χ2v) is 5.70. The summed E-state index contributed by atoms with van der Waals surface area (Å²) in [6.07, 6.45) is 1.65. The van der Waals surface area contributed by atoms with Crippen molar-refractivity contribution < 1.29 is 4.79 Å². The van der Waals surface area contributed by atoms with E-state index in [2.05, 4.69) is 36.5 Å². The SMILES string of the molecule is CNc1ncc(Br)cc1C(=O)NCc1scnc1C. The van der Waals surface area contributed by atoms with Gasteiger partial charge in [0, 0.05) is 22.6 Å². The fourth-order valence-electron chi connectivity index (χ4n) is 1.56. The lowest BCUT2D eigenvalue weighted by Crippen LogP contribution is -2.24. The van der Waals surface area contributed by atoms with Crippen molar-refractivity contribution in [2.45, 2.75) is 13.5 Å². The van der Waals surface area contributed by atoms with Gasteiger partial charge in [0.25, 0.3) is 5.91 Å². The minimum Gasteiger partial charge on any atom is -0.372 e. The summed E-state index contributed by atoms with van der Waals surface area (Å²) in [6.45, 7) is 2.41. The molecule has 2 aromatic heterocycles. The van der Waals surface area contributed by atoms with Crippen molar-refractivity contribution in [3.05, 3.63) is 38.4 Å². The van der Waals surface area contributed by atoms with Crippen LogP contribution in [0.5, 0.6) is 0 Å². The number of anilines is 1. The highest BCUT2D eigenvalue weighted by Crippen LogP contribution is 2.18. The molecule has 5 nitrogen and oxygen atoms in total. The van der Waals surface area contributed by atoms with Gasteiger partial charge in [-0.05, 0) is 28.9 Å². The third-order valence-electron chi connectivity index (χ3n) is 2.59. The Bertz CT molecular complexity index is 599. The summed E-state index contributed by atoms with van der Waals surface area (Å²) in [5.74, 6) is 0.396. The van der Waals surface area contributed by atoms with Crippen LogP contribution >= 0.6 is 27.3 Å². The van der Waals surface area contributed by atoms with Crippen LogP contribution in [0, 0.1) is 6.92 Å². The van der Waals surface area contributed by atoms with E-state index in [-0.39, 0.29) is 5.91 Å². The molecule has 2 rings (SSSR count). The van der Waals surface area contributed by atoms with E-state index in [4.69, 9.17) is 0 Å². The number of halogens is 1. The number of aromatic nitrogens is 2. The summed E-state index contributed by atoms with van der Waals surface area (Å²) >= 11 is 4.85. The first-order valence-corrected chi connectivity index (χ1v) is 7.29. The first kappa shape index (κ1) is 14.0. The number of aryl methyl sites for hydroxylation is 1. The molecule has 0 radical (unpaired) electrons. The van der Waals surface area contributed by atoms with Crippen LogP contribution in [0.15, 0.2) is 22.2 Å². The maximum Gasteiger partial charge on any atom is 0.255 e. The predicted molar refractivity (Wildman–Crippen MR) is 79.5 cm³/mol. The maximum atomic E-state index is 12.2. The Balaban J connectivity index is 2.12. The van der Waals surface area contributed by atoms with Crippen LogP contribution in [0.1, 0.15) is 20.9 Å². The van der Waals surface area contributed by atoms with E-state index in [1.54, 1.807) is 24.8 Å². The van der Waals surface area contributed by atoms with Crippen LogP contribution in [0.25, 0.3) is 0 Å². The molecular weight excluding hydrogens is 328 g/mol. The molecule has 7 heteroatoms. The Morgan fingerprint density at radius 3 is 2.89 bits per heavy atom. The average molecular weight is 341 g/mol. The zero-order chi connectivity index (χ0) is 13.8. The maximum absolute atomic E-state index is 12.2. The topological polar surface area (TPSA) is 66.9 Å². The van der Waals surface area contributed by atoms with Crippen molar-refractivity contribution in [1.82, 2.24) is 15.3 Å². The zero-order valence-corrected chi connectivity index (χ0v) is 12.9. The fourth-order valence-corrected chi connectivity index (χ4v) is 2.61. The van der Waals surface area contributed by atoms with Gasteiger partial charge in [0.05, 0.1) is 23.3 Å². The normalized spacial score (nSPS) is 10.3. The van der Waals surface area contributed by atoms with Crippen LogP contribution in [-0.2, 0) is 6.54 Å². The highest BCUT2D eigenvalue weighted by molar-refractivity contribution is 9.10. The van der Waals surface area contributed by atoms with E-state index in [0.29, 0.717) is 17.9 Å². The Labute approximate surface area is 123 Å². The Morgan fingerprint density at radius 2 is 2.26 bits per heavy atom. The number of hydrogen-bond acceptors (Lipinski definition) is 5. The molecule has 0 unspecified atom stereocenters. The second-order valence-electron chi connectivity index (χ2n) is 3.84. The van der Waals surface area contributed by atoms with E-state index in [0.717, 1.165) is 15.0 Å². The second kappa shape index (κ2) is 6.12. The number of carbonyl (C=O) groups excluding carboxylic acids is 1. The molecule has 0 aliphatic heterocycles. The molecule has 0 saturated carbocycles. The summed E-state index contributed by atoms with van der Waals surface area (Å²) in [5.41, 5.74) is 3.24. The summed E-state index contributed by atoms with van der Waals surface area (Å²) in [7, 11) is 1.74. The Kier molecular flexibility index (Phi) is 4.49. The van der Waals surface area contributed by atoms with Gasteiger partial charge in [0.1, 0.15) is 5.82 Å². The van der Waals surface area contributed by atoms with Crippen LogP contribution < -0.4 is 10.6 Å². The number of thiazole rings is 1. The quantitative estimate of drug-likeness (QED) is 0.897. The molecule has 2 heterocycles. The lowest BCUT2D eigenvalue weighted by atomic mass is 10.2. The standard InChI is InChI=1S/C12H13BrN4OS/c1-7-10(19-6-17-7)5-16-12(18)9-3-8(13)4-15-11(9)14-2/h3-4,6H,5H2,1-2H3,(H,14,15)(H,16,18). The molecule has 100 valence electrons. The van der Waals surface area contributed by atoms with Crippen molar-refractivity contribution in [1.29, 1.82) is 0 Å². The van der Waals surface area contributed by atoms with E-state index in [1.807, 2.05) is 6.92 Å². The van der Waals surface area contributed by atoms with Crippen LogP contribution in [0.2, 0.25) is 0 Å². The molecule has 0 aliphatic rings. The summed E-state index contributed by atoms with van der Waals surface area (Å²) < 4.78 is 0.769. The van der Waals surface area contributed by atoms with E-state index < -0.39 is 0 Å². The van der Waals surface area contributed by atoms with Crippen molar-refractivity contribution in [2.24, 2.45) is 0 Å². The smallest absolute Gasteiger partial charge is 0.255 e. The number of carbonyl (C=O) groups is 1. The minimum absolute atomic E-state index is 0.161. The Hall–Kier alpha value is -1.47. The van der Waals surface area contributed by atoms with Gasteiger partial charge in [-0.25, -0.2) is 9.97 Å². The van der Waals surface area contributed by atoms with E-state index in [9.17, 15) is 4.79 Å². The third-order valence-corrected chi connectivity index (χ3v) is 3.96. The number of nitrogens with one attached hydrogen (secondary N) is 2. The molecule has 0 bridgehead atoms. The minimum atomic E-state index is -0.161. The van der Waals surface area contributed by atoms with Crippen molar-refractivity contribution in [2.75, 3.05) is 12.4 Å². The molecule has 0 saturated heterocycles. The first-order chi connectivity index (χ1) is 9.11. The lowest BCUT2D eigenvalue weighted by Gasteiger charge is -2.09. The van der Waals surface area contributed by atoms with E-state index in [1.165, 1.54) is 11.3 Å². The number of pyridine rings is 1. The number of rotatable bonds is 4. The van der Waals surface area contributed by atoms with Crippen molar-refractivity contribution in [3.8, 4) is 0 Å². The van der Waals surface area contributed by atoms with Gasteiger partial charge in [-0.2, -0.15) is 0 Å². The monoisotopic (exact) mass is 340 g/mol. The summed E-state index contributed by atoms with van der Waals surface area (Å²) in [5, 5.41) is 5.78. The lowest BCUT2D eigenvalue weighted by molar-refractivity contribution is 0.0951. The van der Waals surface area contributed by atoms with Crippen molar-refractivity contribution in [3.63, 3.8) is 0 Å². The van der Waals surface area contributed by atoms with Crippen LogP contribution in [-0.4, -0.2) is 22.9 Å². The van der Waals surface area contributed by atoms with Gasteiger partial charge in [0.2, 0.25) is 0 Å². The first-order valence-electron chi connectivity index (χ1n) is 5.62. The average Bonchev–Trinajstić information content (AvgIpc) is 2.81. The number of amides is 1. The molecule has 19 heavy (non-hydrogen) atoms. The van der Waals surface area contributed by atoms with Gasteiger partial charge < -0.3 is 10.6 Å². The highest BCUT2D eigenvalue weighted by Gasteiger charge is 2.13. The van der Waals surface area contributed by atoms with Gasteiger partial charge >= 0.3 is 0 Å². The molecule has 0 spiro atoms. The van der Waals surface area contributed by atoms with Gasteiger partial charge in [-0.3, -0.25) is 4.79 Å². The van der Waals surface area contributed by atoms with Crippen LogP contribution in [0.3, 0.4) is 0 Å². The van der Waals surface area contributed by atoms with Gasteiger partial charge in [-0.15, -0.1) is 11.3 Å². The molecule has 0 atom stereocenters. The molecule has 2 aromatic rings. The number of nitrogens with zero attached hydrogens (tertiary/aromatic N) is 2. The fraction of sp³-hybridized carbons (Fsp3) is 0.250. The molecule has 2 N–H and O–H groups in total. The predicted octanol–water partition coefficient (Wildman–Crippen LogP) is 2.58. The summed E-state index contributed by atoms with van der Waals surface area (Å²) in [6, 6.07) is 1.74. The van der Waals surface area contributed by atoms with E-state index >= 15 is 0 Å². The summed E-state index contributed by atoms with van der Waals surface area (Å²) in [4.78, 5) is 21.5. The molecule has 0 aromatic carbocycles. The highest BCUT2D eigenvalue weighted by atomic mass is 79.9. The van der Waals surface area contributed by atoms with Gasteiger partial charge in [-0.1, -0.05) is 0 Å². The molecule has 0 fully saturated rings. The molecule has 0 aliphatic carbocycles. The molecule has 1 amide bonds. The number of hydrogen-bond donors (Lipinski definition) is 2. The largest absolute Gasteiger partial charge is 0.372 e. The van der Waals surface area contributed by atoms with Gasteiger partial charge in [0.15, 0.2) is 0 Å².